The number of rotatable bonds is 3. The molecule has 0 atom stereocenters. The van der Waals surface area contributed by atoms with Crippen LogP contribution in [0.25, 0.3) is 0 Å². The smallest absolute Gasteiger partial charge is 0.312 e. The SMILES string of the molecule is CCC(=O)Oc1ccc(Br)cc1[N+](=O)[O-]. The minimum Gasteiger partial charge on any atom is -0.419 e. The zero-order valence-corrected chi connectivity index (χ0v) is 9.48. The van der Waals surface area contributed by atoms with Crippen molar-refractivity contribution in [1.82, 2.24) is 0 Å². The van der Waals surface area contributed by atoms with E-state index in [-0.39, 0.29) is 17.9 Å². The largest absolute Gasteiger partial charge is 0.419 e. The second-order valence-electron chi connectivity index (χ2n) is 2.70. The third-order valence-electron chi connectivity index (χ3n) is 1.63. The molecule has 0 radical (unpaired) electrons. The van der Waals surface area contributed by atoms with Crippen LogP contribution in [0.5, 0.6) is 5.75 Å². The molecule has 0 saturated carbocycles. The summed E-state index contributed by atoms with van der Waals surface area (Å²) in [4.78, 5) is 21.0. The van der Waals surface area contributed by atoms with Gasteiger partial charge in [0.15, 0.2) is 0 Å². The van der Waals surface area contributed by atoms with Gasteiger partial charge in [0.25, 0.3) is 0 Å². The summed E-state index contributed by atoms with van der Waals surface area (Å²) in [6, 6.07) is 4.25. The second kappa shape index (κ2) is 4.88. The van der Waals surface area contributed by atoms with Crippen LogP contribution in [-0.4, -0.2) is 10.9 Å². The Balaban J connectivity index is 3.06. The first kappa shape index (κ1) is 11.6. The normalized spacial score (nSPS) is 9.73. The molecule has 0 amide bonds. The van der Waals surface area contributed by atoms with Crippen molar-refractivity contribution in [3.8, 4) is 5.75 Å². The number of halogens is 1. The standard InChI is InChI=1S/C9H8BrNO4/c1-2-9(12)15-8-4-3-6(10)5-7(8)11(13)14/h3-5H,2H2,1H3. The molecular weight excluding hydrogens is 266 g/mol. The number of benzene rings is 1. The van der Waals surface area contributed by atoms with Crippen LogP contribution >= 0.6 is 15.9 Å². The number of hydrogen-bond donors (Lipinski definition) is 0. The van der Waals surface area contributed by atoms with E-state index in [1.165, 1.54) is 12.1 Å². The van der Waals surface area contributed by atoms with Gasteiger partial charge < -0.3 is 4.74 Å². The molecule has 0 aromatic heterocycles. The van der Waals surface area contributed by atoms with E-state index in [4.69, 9.17) is 4.74 Å². The number of nitro benzene ring substituents is 1. The summed E-state index contributed by atoms with van der Waals surface area (Å²) in [6.07, 6.45) is 0.174. The molecule has 0 bridgehead atoms. The highest BCUT2D eigenvalue weighted by Crippen LogP contribution is 2.30. The second-order valence-corrected chi connectivity index (χ2v) is 3.61. The molecule has 6 heteroatoms. The summed E-state index contributed by atoms with van der Waals surface area (Å²) in [6.45, 7) is 1.62. The lowest BCUT2D eigenvalue weighted by molar-refractivity contribution is -0.385. The number of esters is 1. The molecular formula is C9H8BrNO4. The van der Waals surface area contributed by atoms with Gasteiger partial charge in [-0.25, -0.2) is 0 Å². The molecule has 1 aromatic rings. The Labute approximate surface area is 94.3 Å². The molecule has 15 heavy (non-hydrogen) atoms. The summed E-state index contributed by atoms with van der Waals surface area (Å²) in [5, 5.41) is 10.6. The number of nitrogens with zero attached hydrogens (tertiary/aromatic N) is 1. The number of ether oxygens (including phenoxy) is 1. The Hall–Kier alpha value is -1.43. The van der Waals surface area contributed by atoms with Gasteiger partial charge in [0.2, 0.25) is 5.75 Å². The van der Waals surface area contributed by atoms with E-state index >= 15 is 0 Å². The van der Waals surface area contributed by atoms with Crippen molar-refractivity contribution in [2.75, 3.05) is 0 Å². The van der Waals surface area contributed by atoms with Crippen LogP contribution < -0.4 is 4.74 Å². The predicted octanol–water partition coefficient (Wildman–Crippen LogP) is 2.67. The quantitative estimate of drug-likeness (QED) is 0.367. The van der Waals surface area contributed by atoms with Crippen molar-refractivity contribution in [1.29, 1.82) is 0 Å². The Morgan fingerprint density at radius 1 is 1.60 bits per heavy atom. The van der Waals surface area contributed by atoms with Gasteiger partial charge in [-0.2, -0.15) is 0 Å². The fourth-order valence-electron chi connectivity index (χ4n) is 0.914. The van der Waals surface area contributed by atoms with Crippen LogP contribution in [0.15, 0.2) is 22.7 Å². The first-order chi connectivity index (χ1) is 7.04. The molecule has 0 aliphatic rings. The van der Waals surface area contributed by atoms with E-state index in [0.29, 0.717) is 4.47 Å². The highest BCUT2D eigenvalue weighted by molar-refractivity contribution is 9.10. The maximum absolute atomic E-state index is 11.0. The third kappa shape index (κ3) is 3.02. The summed E-state index contributed by atoms with van der Waals surface area (Å²) in [5.74, 6) is -0.532. The highest BCUT2D eigenvalue weighted by atomic mass is 79.9. The first-order valence-electron chi connectivity index (χ1n) is 4.19. The highest BCUT2D eigenvalue weighted by Gasteiger charge is 2.17. The molecule has 0 spiro atoms. The number of hydrogen-bond acceptors (Lipinski definition) is 4. The van der Waals surface area contributed by atoms with Crippen LogP contribution in [0.4, 0.5) is 5.69 Å². The monoisotopic (exact) mass is 273 g/mol. The van der Waals surface area contributed by atoms with Crippen molar-refractivity contribution in [3.63, 3.8) is 0 Å². The lowest BCUT2D eigenvalue weighted by Gasteiger charge is -2.03. The van der Waals surface area contributed by atoms with Crippen LogP contribution in [0.2, 0.25) is 0 Å². The molecule has 0 N–H and O–H groups in total. The van der Waals surface area contributed by atoms with E-state index in [1.807, 2.05) is 0 Å². The number of carbonyl (C=O) groups excluding carboxylic acids is 1. The van der Waals surface area contributed by atoms with E-state index in [1.54, 1.807) is 13.0 Å². The Morgan fingerprint density at radius 2 is 2.27 bits per heavy atom. The van der Waals surface area contributed by atoms with Crippen LogP contribution in [-0.2, 0) is 4.79 Å². The minimum absolute atomic E-state index is 0.0324. The van der Waals surface area contributed by atoms with Crippen LogP contribution in [0.3, 0.4) is 0 Å². The Bertz CT molecular complexity index is 405. The first-order valence-corrected chi connectivity index (χ1v) is 4.98. The van der Waals surface area contributed by atoms with Crippen molar-refractivity contribution >= 4 is 27.6 Å². The summed E-state index contributed by atoms with van der Waals surface area (Å²) in [7, 11) is 0. The number of carbonyl (C=O) groups is 1. The average molecular weight is 274 g/mol. The minimum atomic E-state index is -0.594. The van der Waals surface area contributed by atoms with Crippen molar-refractivity contribution in [2.45, 2.75) is 13.3 Å². The van der Waals surface area contributed by atoms with Gasteiger partial charge in [-0.15, -0.1) is 0 Å². The zero-order valence-electron chi connectivity index (χ0n) is 7.90. The molecule has 80 valence electrons. The molecule has 0 heterocycles. The van der Waals surface area contributed by atoms with Gasteiger partial charge in [0.05, 0.1) is 4.92 Å². The molecule has 0 unspecified atom stereocenters. The summed E-state index contributed by atoms with van der Waals surface area (Å²) >= 11 is 3.10. The van der Waals surface area contributed by atoms with E-state index in [9.17, 15) is 14.9 Å². The van der Waals surface area contributed by atoms with Crippen LogP contribution in [0.1, 0.15) is 13.3 Å². The molecule has 0 aliphatic heterocycles. The lowest BCUT2D eigenvalue weighted by Crippen LogP contribution is -2.07. The zero-order chi connectivity index (χ0) is 11.4. The van der Waals surface area contributed by atoms with Gasteiger partial charge in [0, 0.05) is 17.0 Å². The van der Waals surface area contributed by atoms with E-state index in [2.05, 4.69) is 15.9 Å². The van der Waals surface area contributed by atoms with E-state index < -0.39 is 10.9 Å². The molecule has 1 rings (SSSR count). The molecule has 5 nitrogen and oxygen atoms in total. The van der Waals surface area contributed by atoms with Gasteiger partial charge in [-0.1, -0.05) is 22.9 Å². The molecule has 1 aromatic carbocycles. The maximum atomic E-state index is 11.0. The van der Waals surface area contributed by atoms with Crippen molar-refractivity contribution in [2.24, 2.45) is 0 Å². The Morgan fingerprint density at radius 3 is 2.80 bits per heavy atom. The maximum Gasteiger partial charge on any atom is 0.312 e. The fourth-order valence-corrected chi connectivity index (χ4v) is 1.26. The van der Waals surface area contributed by atoms with E-state index in [0.717, 1.165) is 0 Å². The van der Waals surface area contributed by atoms with Crippen LogP contribution in [0, 0.1) is 10.1 Å². The van der Waals surface area contributed by atoms with Crippen molar-refractivity contribution < 1.29 is 14.5 Å². The summed E-state index contributed by atoms with van der Waals surface area (Å²) < 4.78 is 5.37. The lowest BCUT2D eigenvalue weighted by atomic mass is 10.3. The molecule has 0 fully saturated rings. The third-order valence-corrected chi connectivity index (χ3v) is 2.12. The average Bonchev–Trinajstić information content (AvgIpc) is 2.20. The molecule has 0 aliphatic carbocycles. The predicted molar refractivity (Wildman–Crippen MR) is 56.7 cm³/mol. The van der Waals surface area contributed by atoms with Gasteiger partial charge in [-0.05, 0) is 12.1 Å². The summed E-state index contributed by atoms with van der Waals surface area (Å²) in [5.41, 5.74) is -0.230. The van der Waals surface area contributed by atoms with Gasteiger partial charge in [-0.3, -0.25) is 14.9 Å². The van der Waals surface area contributed by atoms with Gasteiger partial charge in [0.1, 0.15) is 0 Å². The Kier molecular flexibility index (Phi) is 3.79. The fraction of sp³-hybridized carbons (Fsp3) is 0.222. The molecule has 0 saturated heterocycles. The topological polar surface area (TPSA) is 69.4 Å². The van der Waals surface area contributed by atoms with Gasteiger partial charge >= 0.3 is 11.7 Å². The van der Waals surface area contributed by atoms with Crippen molar-refractivity contribution in [3.05, 3.63) is 32.8 Å². The number of nitro groups is 1.